The van der Waals surface area contributed by atoms with Gasteiger partial charge in [0.25, 0.3) is 0 Å². The molecule has 0 radical (unpaired) electrons. The van der Waals surface area contributed by atoms with E-state index in [-0.39, 0.29) is 6.03 Å². The third-order valence-electron chi connectivity index (χ3n) is 3.24. The van der Waals surface area contributed by atoms with Crippen LogP contribution in [0.5, 0.6) is 0 Å². The Hall–Kier alpha value is -2.22. The molecule has 0 fully saturated rings. The molecule has 0 saturated heterocycles. The summed E-state index contributed by atoms with van der Waals surface area (Å²) in [6, 6.07) is 1.32. The zero-order valence-corrected chi connectivity index (χ0v) is 16.3. The molecule has 0 bridgehead atoms. The average molecular weight is 395 g/mol. The van der Waals surface area contributed by atoms with E-state index in [1.807, 2.05) is 0 Å². The van der Waals surface area contributed by atoms with Gasteiger partial charge in [0.2, 0.25) is 0 Å². The molecule has 0 aliphatic carbocycles. The summed E-state index contributed by atoms with van der Waals surface area (Å²) in [4.78, 5) is 15.7. The first-order valence-electron chi connectivity index (χ1n) is 9.02. The molecule has 0 saturated carbocycles. The molecule has 0 aliphatic heterocycles. The molecule has 9 heteroatoms. The molecular formula is C19H29N3O6. The van der Waals surface area contributed by atoms with Crippen molar-refractivity contribution in [1.29, 1.82) is 0 Å². The number of urea groups is 1. The molecule has 1 heterocycles. The summed E-state index contributed by atoms with van der Waals surface area (Å²) < 4.78 is 26.2. The number of hydrogen-bond acceptors (Lipinski definition) is 7. The van der Waals surface area contributed by atoms with Crippen LogP contribution in [-0.4, -0.2) is 84.1 Å². The third-order valence-corrected chi connectivity index (χ3v) is 3.24. The third kappa shape index (κ3) is 13.0. The predicted molar refractivity (Wildman–Crippen MR) is 104 cm³/mol. The summed E-state index contributed by atoms with van der Waals surface area (Å²) in [7, 11) is 1.63. The molecule has 2 amide bonds. The molecule has 28 heavy (non-hydrogen) atoms. The van der Waals surface area contributed by atoms with E-state index in [0.29, 0.717) is 77.3 Å². The van der Waals surface area contributed by atoms with Gasteiger partial charge in [-0.15, -0.1) is 6.42 Å². The summed E-state index contributed by atoms with van der Waals surface area (Å²) in [5.74, 6) is 2.46. The van der Waals surface area contributed by atoms with Crippen LogP contribution in [0.3, 0.4) is 0 Å². The van der Waals surface area contributed by atoms with Crippen LogP contribution in [0.4, 0.5) is 10.5 Å². The van der Waals surface area contributed by atoms with Crippen molar-refractivity contribution in [2.45, 2.75) is 0 Å². The van der Waals surface area contributed by atoms with Crippen LogP contribution in [0.15, 0.2) is 18.5 Å². The highest BCUT2D eigenvalue weighted by Gasteiger charge is 2.02. The lowest BCUT2D eigenvalue weighted by molar-refractivity contribution is -0.00737. The van der Waals surface area contributed by atoms with Gasteiger partial charge in [0, 0.05) is 25.4 Å². The first-order chi connectivity index (χ1) is 13.8. The average Bonchev–Trinajstić information content (AvgIpc) is 2.71. The van der Waals surface area contributed by atoms with E-state index in [4.69, 9.17) is 30.1 Å². The maximum absolute atomic E-state index is 11.7. The molecule has 2 N–H and O–H groups in total. The number of anilines is 1. The summed E-state index contributed by atoms with van der Waals surface area (Å²) in [5.41, 5.74) is 1.13. The van der Waals surface area contributed by atoms with Crippen molar-refractivity contribution in [2.24, 2.45) is 0 Å². The fourth-order valence-corrected chi connectivity index (χ4v) is 1.90. The molecule has 1 rings (SSSR count). The zero-order valence-electron chi connectivity index (χ0n) is 16.3. The topological polar surface area (TPSA) is 100 Å². The summed E-state index contributed by atoms with van der Waals surface area (Å²) in [6.45, 7) is 4.88. The molecule has 0 spiro atoms. The van der Waals surface area contributed by atoms with Gasteiger partial charge in [-0.3, -0.25) is 4.98 Å². The quantitative estimate of drug-likeness (QED) is 0.317. The van der Waals surface area contributed by atoms with Crippen LogP contribution in [0.25, 0.3) is 0 Å². The lowest BCUT2D eigenvalue weighted by atomic mass is 10.3. The maximum Gasteiger partial charge on any atom is 0.319 e. The van der Waals surface area contributed by atoms with Crippen molar-refractivity contribution in [3.8, 4) is 12.3 Å². The van der Waals surface area contributed by atoms with E-state index < -0.39 is 0 Å². The maximum atomic E-state index is 11.7. The van der Waals surface area contributed by atoms with Gasteiger partial charge in [-0.05, 0) is 6.07 Å². The number of aromatic nitrogens is 1. The van der Waals surface area contributed by atoms with Gasteiger partial charge in [-0.25, -0.2) is 4.79 Å². The Morgan fingerprint density at radius 2 is 1.54 bits per heavy atom. The smallest absolute Gasteiger partial charge is 0.319 e. The van der Waals surface area contributed by atoms with Gasteiger partial charge in [0.1, 0.15) is 0 Å². The summed E-state index contributed by atoms with van der Waals surface area (Å²) in [5, 5.41) is 5.33. The lowest BCUT2D eigenvalue weighted by Crippen LogP contribution is -2.31. The van der Waals surface area contributed by atoms with Crippen LogP contribution in [0.1, 0.15) is 5.56 Å². The number of hydrogen-bond donors (Lipinski definition) is 2. The van der Waals surface area contributed by atoms with Gasteiger partial charge >= 0.3 is 6.03 Å². The molecule has 1 aromatic rings. The van der Waals surface area contributed by atoms with Gasteiger partial charge in [-0.1, -0.05) is 5.92 Å². The van der Waals surface area contributed by atoms with E-state index in [1.165, 1.54) is 6.20 Å². The number of rotatable bonds is 16. The van der Waals surface area contributed by atoms with Gasteiger partial charge < -0.3 is 34.3 Å². The Kier molecular flexibility index (Phi) is 14.4. The van der Waals surface area contributed by atoms with E-state index in [1.54, 1.807) is 19.4 Å². The van der Waals surface area contributed by atoms with Crippen LogP contribution >= 0.6 is 0 Å². The first-order valence-corrected chi connectivity index (χ1v) is 9.02. The molecule has 0 unspecified atom stereocenters. The number of nitrogens with zero attached hydrogens (tertiary/aromatic N) is 1. The fraction of sp³-hybridized carbons (Fsp3) is 0.579. The minimum absolute atomic E-state index is 0.348. The molecule has 0 aromatic carbocycles. The summed E-state index contributed by atoms with van der Waals surface area (Å²) >= 11 is 0. The number of amides is 2. The Labute approximate surface area is 166 Å². The van der Waals surface area contributed by atoms with E-state index in [2.05, 4.69) is 21.5 Å². The lowest BCUT2D eigenvalue weighted by Gasteiger charge is -2.09. The number of ether oxygens (including phenoxy) is 5. The molecule has 9 nitrogen and oxygen atoms in total. The van der Waals surface area contributed by atoms with E-state index >= 15 is 0 Å². The van der Waals surface area contributed by atoms with Crippen molar-refractivity contribution in [1.82, 2.24) is 10.3 Å². The second kappa shape index (κ2) is 16.9. The van der Waals surface area contributed by atoms with Crippen molar-refractivity contribution in [3.05, 3.63) is 24.0 Å². The zero-order chi connectivity index (χ0) is 20.3. The van der Waals surface area contributed by atoms with Crippen molar-refractivity contribution in [3.63, 3.8) is 0 Å². The van der Waals surface area contributed by atoms with Crippen molar-refractivity contribution in [2.75, 3.05) is 78.4 Å². The van der Waals surface area contributed by atoms with Gasteiger partial charge in [0.05, 0.1) is 71.3 Å². The van der Waals surface area contributed by atoms with Crippen LogP contribution in [0.2, 0.25) is 0 Å². The molecule has 1 aromatic heterocycles. The largest absolute Gasteiger partial charge is 0.382 e. The number of carbonyl (C=O) groups is 1. The normalized spacial score (nSPS) is 10.4. The van der Waals surface area contributed by atoms with Crippen LogP contribution in [0, 0.1) is 12.3 Å². The van der Waals surface area contributed by atoms with Crippen LogP contribution < -0.4 is 10.6 Å². The molecule has 156 valence electrons. The van der Waals surface area contributed by atoms with Crippen LogP contribution in [-0.2, 0) is 23.7 Å². The van der Waals surface area contributed by atoms with Gasteiger partial charge in [0.15, 0.2) is 0 Å². The van der Waals surface area contributed by atoms with Crippen molar-refractivity contribution < 1.29 is 28.5 Å². The second-order valence-electron chi connectivity index (χ2n) is 5.43. The minimum Gasteiger partial charge on any atom is -0.382 e. The highest BCUT2D eigenvalue weighted by molar-refractivity contribution is 5.89. The predicted octanol–water partition coefficient (Wildman–Crippen LogP) is 0.897. The molecule has 0 atom stereocenters. The Morgan fingerprint density at radius 1 is 0.964 bits per heavy atom. The minimum atomic E-state index is -0.348. The number of methoxy groups -OCH3 is 1. The Balaban J connectivity index is 1.86. The second-order valence-corrected chi connectivity index (χ2v) is 5.43. The monoisotopic (exact) mass is 395 g/mol. The standard InChI is InChI=1S/C19H29N3O6/c1-3-17-14-18(16-20-15-17)22-19(23)21-4-5-25-8-9-27-12-13-28-11-10-26-7-6-24-2/h1,14-16H,4-13H2,2H3,(H2,21,22,23). The SMILES string of the molecule is C#Cc1cncc(NC(=O)NCCOCCOCCOCCOCCOC)c1. The van der Waals surface area contributed by atoms with E-state index in [0.717, 1.165) is 0 Å². The fourth-order valence-electron chi connectivity index (χ4n) is 1.90. The van der Waals surface area contributed by atoms with Gasteiger partial charge in [-0.2, -0.15) is 0 Å². The highest BCUT2D eigenvalue weighted by Crippen LogP contribution is 2.06. The Morgan fingerprint density at radius 3 is 2.11 bits per heavy atom. The highest BCUT2D eigenvalue weighted by atomic mass is 16.6. The first kappa shape index (κ1) is 23.8. The number of pyridine rings is 1. The number of carbonyl (C=O) groups excluding carboxylic acids is 1. The van der Waals surface area contributed by atoms with Crippen molar-refractivity contribution >= 4 is 11.7 Å². The number of terminal acetylenes is 1. The summed E-state index contributed by atoms with van der Waals surface area (Å²) in [6.07, 6.45) is 8.35. The van der Waals surface area contributed by atoms with E-state index in [9.17, 15) is 4.79 Å². The number of nitrogens with one attached hydrogen (secondary N) is 2. The molecular weight excluding hydrogens is 366 g/mol. The molecule has 0 aliphatic rings. The Bertz CT molecular complexity index is 579.